The Morgan fingerprint density at radius 2 is 1.89 bits per heavy atom. The van der Waals surface area contributed by atoms with E-state index in [4.69, 9.17) is 22.7 Å². The second-order valence-corrected chi connectivity index (χ2v) is 4.44. The van der Waals surface area contributed by atoms with Crippen LogP contribution in [0.3, 0.4) is 0 Å². The Kier molecular flexibility index (Phi) is 4.36. The van der Waals surface area contributed by atoms with Crippen molar-refractivity contribution in [1.29, 1.82) is 0 Å². The van der Waals surface area contributed by atoms with Crippen LogP contribution in [-0.2, 0) is 0 Å². The molecule has 0 atom stereocenters. The molecule has 0 aliphatic rings. The quantitative estimate of drug-likeness (QED) is 0.837. The van der Waals surface area contributed by atoms with Gasteiger partial charge in [0.1, 0.15) is 5.75 Å². The molecule has 0 bridgehead atoms. The average molecular weight is 272 g/mol. The third-order valence-electron chi connectivity index (χ3n) is 2.64. The molecule has 98 valence electrons. The van der Waals surface area contributed by atoms with Gasteiger partial charge in [-0.2, -0.15) is 0 Å². The molecule has 0 aliphatic carbocycles. The van der Waals surface area contributed by atoms with Crippen LogP contribution in [0.1, 0.15) is 6.92 Å². The summed E-state index contributed by atoms with van der Waals surface area (Å²) in [5.74, 6) is 0.745. The SMILES string of the molecule is CCOc1ccc(-c2ccccc2)cc1NC(N)=S. The van der Waals surface area contributed by atoms with E-state index in [0.29, 0.717) is 6.61 Å². The van der Waals surface area contributed by atoms with E-state index in [9.17, 15) is 0 Å². The number of hydrogen-bond acceptors (Lipinski definition) is 2. The minimum absolute atomic E-state index is 0.228. The molecule has 19 heavy (non-hydrogen) atoms. The summed E-state index contributed by atoms with van der Waals surface area (Å²) in [4.78, 5) is 0. The lowest BCUT2D eigenvalue weighted by molar-refractivity contribution is 0.342. The second kappa shape index (κ2) is 6.20. The first-order valence-corrected chi connectivity index (χ1v) is 6.50. The molecule has 0 amide bonds. The number of anilines is 1. The molecular formula is C15H16N2OS. The largest absolute Gasteiger partial charge is 0.492 e. The van der Waals surface area contributed by atoms with Gasteiger partial charge in [0, 0.05) is 0 Å². The fourth-order valence-corrected chi connectivity index (χ4v) is 1.96. The Balaban J connectivity index is 2.40. The molecule has 2 aromatic carbocycles. The monoisotopic (exact) mass is 272 g/mol. The third kappa shape index (κ3) is 3.45. The van der Waals surface area contributed by atoms with Crippen LogP contribution in [0.2, 0.25) is 0 Å². The van der Waals surface area contributed by atoms with Crippen molar-refractivity contribution in [3.63, 3.8) is 0 Å². The smallest absolute Gasteiger partial charge is 0.168 e. The topological polar surface area (TPSA) is 47.3 Å². The summed E-state index contributed by atoms with van der Waals surface area (Å²) in [5, 5.41) is 3.18. The van der Waals surface area contributed by atoms with Gasteiger partial charge in [-0.15, -0.1) is 0 Å². The highest BCUT2D eigenvalue weighted by molar-refractivity contribution is 7.80. The standard InChI is InChI=1S/C15H16N2OS/c1-2-18-14-9-8-12(10-13(14)17-15(16)19)11-6-4-3-5-7-11/h3-10H,2H2,1H3,(H3,16,17,19). The number of nitrogens with two attached hydrogens (primary N) is 1. The van der Waals surface area contributed by atoms with Crippen molar-refractivity contribution in [2.24, 2.45) is 5.73 Å². The van der Waals surface area contributed by atoms with E-state index < -0.39 is 0 Å². The fourth-order valence-electron chi connectivity index (χ4n) is 1.85. The molecule has 0 heterocycles. The molecule has 0 fully saturated rings. The summed E-state index contributed by atoms with van der Waals surface area (Å²) >= 11 is 4.89. The molecule has 0 aliphatic heterocycles. The van der Waals surface area contributed by atoms with Gasteiger partial charge in [-0.1, -0.05) is 36.4 Å². The van der Waals surface area contributed by atoms with Crippen molar-refractivity contribution in [1.82, 2.24) is 0 Å². The Morgan fingerprint density at radius 3 is 2.53 bits per heavy atom. The van der Waals surface area contributed by atoms with E-state index in [2.05, 4.69) is 17.4 Å². The minimum atomic E-state index is 0.228. The van der Waals surface area contributed by atoms with Crippen LogP contribution in [0, 0.1) is 0 Å². The maximum absolute atomic E-state index is 5.55. The number of rotatable bonds is 4. The molecule has 0 spiro atoms. The summed E-state index contributed by atoms with van der Waals surface area (Å²) in [7, 11) is 0. The van der Waals surface area contributed by atoms with Gasteiger partial charge in [-0.3, -0.25) is 0 Å². The van der Waals surface area contributed by atoms with Crippen LogP contribution in [0.15, 0.2) is 48.5 Å². The van der Waals surface area contributed by atoms with Crippen molar-refractivity contribution in [2.45, 2.75) is 6.92 Å². The van der Waals surface area contributed by atoms with Gasteiger partial charge in [0.05, 0.1) is 12.3 Å². The van der Waals surface area contributed by atoms with Crippen molar-refractivity contribution < 1.29 is 4.74 Å². The maximum Gasteiger partial charge on any atom is 0.168 e. The highest BCUT2D eigenvalue weighted by Gasteiger charge is 2.06. The Labute approximate surface area is 118 Å². The number of hydrogen-bond donors (Lipinski definition) is 2. The molecular weight excluding hydrogens is 256 g/mol. The van der Waals surface area contributed by atoms with Gasteiger partial charge < -0.3 is 15.8 Å². The predicted octanol–water partition coefficient (Wildman–Crippen LogP) is 3.41. The lowest BCUT2D eigenvalue weighted by Gasteiger charge is -2.13. The summed E-state index contributed by atoms with van der Waals surface area (Å²) in [5.41, 5.74) is 8.55. The fraction of sp³-hybridized carbons (Fsp3) is 0.133. The van der Waals surface area contributed by atoms with Gasteiger partial charge in [-0.25, -0.2) is 0 Å². The number of ether oxygens (including phenoxy) is 1. The van der Waals surface area contributed by atoms with Crippen LogP contribution in [0.5, 0.6) is 5.75 Å². The van der Waals surface area contributed by atoms with Gasteiger partial charge in [0.2, 0.25) is 0 Å². The molecule has 0 aromatic heterocycles. The molecule has 0 radical (unpaired) electrons. The van der Waals surface area contributed by atoms with E-state index in [1.807, 2.05) is 43.3 Å². The van der Waals surface area contributed by atoms with Crippen LogP contribution in [0.25, 0.3) is 11.1 Å². The van der Waals surface area contributed by atoms with Crippen molar-refractivity contribution in [3.05, 3.63) is 48.5 Å². The molecule has 3 nitrogen and oxygen atoms in total. The summed E-state index contributed by atoms with van der Waals surface area (Å²) in [6.07, 6.45) is 0. The molecule has 0 saturated carbocycles. The Morgan fingerprint density at radius 1 is 1.16 bits per heavy atom. The van der Waals surface area contributed by atoms with E-state index >= 15 is 0 Å². The summed E-state index contributed by atoms with van der Waals surface area (Å²) in [6, 6.07) is 16.0. The number of thiocarbonyl (C=S) groups is 1. The molecule has 4 heteroatoms. The molecule has 3 N–H and O–H groups in total. The lowest BCUT2D eigenvalue weighted by Crippen LogP contribution is -2.19. The maximum atomic E-state index is 5.55. The zero-order chi connectivity index (χ0) is 13.7. The molecule has 2 rings (SSSR count). The van der Waals surface area contributed by atoms with Gasteiger partial charge in [-0.05, 0) is 42.4 Å². The highest BCUT2D eigenvalue weighted by Crippen LogP contribution is 2.30. The first kappa shape index (κ1) is 13.4. The second-order valence-electron chi connectivity index (χ2n) is 4.00. The van der Waals surface area contributed by atoms with Crippen LogP contribution in [0.4, 0.5) is 5.69 Å². The Bertz CT molecular complexity index is 570. The zero-order valence-corrected chi connectivity index (χ0v) is 11.5. The third-order valence-corrected chi connectivity index (χ3v) is 2.75. The van der Waals surface area contributed by atoms with Gasteiger partial charge in [0.15, 0.2) is 5.11 Å². The molecule has 2 aromatic rings. The lowest BCUT2D eigenvalue weighted by atomic mass is 10.0. The van der Waals surface area contributed by atoms with E-state index in [-0.39, 0.29) is 5.11 Å². The minimum Gasteiger partial charge on any atom is -0.492 e. The summed E-state index contributed by atoms with van der Waals surface area (Å²) in [6.45, 7) is 2.53. The first-order chi connectivity index (χ1) is 9.20. The van der Waals surface area contributed by atoms with Crippen molar-refractivity contribution in [2.75, 3.05) is 11.9 Å². The zero-order valence-electron chi connectivity index (χ0n) is 10.7. The van der Waals surface area contributed by atoms with Gasteiger partial charge in [0.25, 0.3) is 0 Å². The highest BCUT2D eigenvalue weighted by atomic mass is 32.1. The molecule has 0 saturated heterocycles. The van der Waals surface area contributed by atoms with Crippen LogP contribution < -0.4 is 15.8 Å². The first-order valence-electron chi connectivity index (χ1n) is 6.09. The normalized spacial score (nSPS) is 9.95. The predicted molar refractivity (Wildman–Crippen MR) is 83.5 cm³/mol. The Hall–Kier alpha value is -2.07. The molecule has 0 unspecified atom stereocenters. The average Bonchev–Trinajstić information content (AvgIpc) is 2.41. The van der Waals surface area contributed by atoms with Crippen LogP contribution in [-0.4, -0.2) is 11.7 Å². The van der Waals surface area contributed by atoms with E-state index in [1.54, 1.807) is 0 Å². The van der Waals surface area contributed by atoms with Crippen molar-refractivity contribution >= 4 is 23.0 Å². The van der Waals surface area contributed by atoms with E-state index in [0.717, 1.165) is 22.6 Å². The van der Waals surface area contributed by atoms with Crippen molar-refractivity contribution in [3.8, 4) is 16.9 Å². The number of nitrogens with one attached hydrogen (secondary N) is 1. The van der Waals surface area contributed by atoms with Crippen LogP contribution >= 0.6 is 12.2 Å². The van der Waals surface area contributed by atoms with E-state index in [1.165, 1.54) is 0 Å². The number of benzene rings is 2. The summed E-state index contributed by atoms with van der Waals surface area (Å²) < 4.78 is 5.55. The van der Waals surface area contributed by atoms with Gasteiger partial charge >= 0.3 is 0 Å².